The lowest BCUT2D eigenvalue weighted by molar-refractivity contribution is -0.137. The Hall–Kier alpha value is -1.42. The second-order valence-corrected chi connectivity index (χ2v) is 4.66. The largest absolute Gasteiger partial charge is 0.490 e. The molecule has 0 radical (unpaired) electrons. The van der Waals surface area contributed by atoms with Crippen LogP contribution in [0.5, 0.6) is 11.5 Å². The second-order valence-electron chi connectivity index (χ2n) is 4.05. The van der Waals surface area contributed by atoms with E-state index in [1.807, 2.05) is 32.0 Å². The van der Waals surface area contributed by atoms with Crippen molar-refractivity contribution in [1.82, 2.24) is 0 Å². The van der Waals surface area contributed by atoms with Crippen molar-refractivity contribution in [2.45, 2.75) is 32.1 Å². The number of carboxylic acids is 1. The summed E-state index contributed by atoms with van der Waals surface area (Å²) in [6.45, 7) is 4.92. The summed E-state index contributed by atoms with van der Waals surface area (Å²) in [5, 5.41) is 8.26. The molecule has 0 aliphatic heterocycles. The average Bonchev–Trinajstić information content (AvgIpc) is 2.32. The zero-order valence-corrected chi connectivity index (χ0v) is 11.9. The topological polar surface area (TPSA) is 55.8 Å². The minimum Gasteiger partial charge on any atom is -0.490 e. The Kier molecular flexibility index (Phi) is 6.50. The molecule has 0 bridgehead atoms. The van der Waals surface area contributed by atoms with Crippen LogP contribution in [0.1, 0.15) is 25.8 Å². The summed E-state index contributed by atoms with van der Waals surface area (Å²) in [5.41, 5.74) is 0.938. The van der Waals surface area contributed by atoms with Crippen molar-refractivity contribution in [2.24, 2.45) is 0 Å². The molecule has 0 aliphatic rings. The summed E-state index contributed by atoms with van der Waals surface area (Å²) in [4.78, 5) is 10.6. The van der Waals surface area contributed by atoms with Crippen molar-refractivity contribution < 1.29 is 19.4 Å². The zero-order chi connectivity index (χ0) is 14.3. The van der Waals surface area contributed by atoms with E-state index >= 15 is 0 Å². The molecule has 1 rings (SSSR count). The van der Waals surface area contributed by atoms with Crippen molar-refractivity contribution in [2.75, 3.05) is 13.2 Å². The standard InChI is InChI=1S/C14H19ClO4/c1-3-18-12-6-5-10(8-13(12)19-4-2)7-11(15)9-14(16)17/h5-6,8,11H,3-4,7,9H2,1-2H3,(H,16,17). The van der Waals surface area contributed by atoms with Crippen LogP contribution in [0.15, 0.2) is 18.2 Å². The van der Waals surface area contributed by atoms with Gasteiger partial charge >= 0.3 is 5.97 Å². The number of carboxylic acid groups (broad SMARTS) is 1. The van der Waals surface area contributed by atoms with Crippen molar-refractivity contribution >= 4 is 17.6 Å². The average molecular weight is 287 g/mol. The van der Waals surface area contributed by atoms with Gasteiger partial charge in [0.2, 0.25) is 0 Å². The van der Waals surface area contributed by atoms with E-state index in [1.165, 1.54) is 0 Å². The van der Waals surface area contributed by atoms with Gasteiger partial charge in [-0.1, -0.05) is 6.07 Å². The Morgan fingerprint density at radius 1 is 1.26 bits per heavy atom. The van der Waals surface area contributed by atoms with Crippen molar-refractivity contribution in [3.63, 3.8) is 0 Å². The van der Waals surface area contributed by atoms with Crippen LogP contribution in [0.4, 0.5) is 0 Å². The van der Waals surface area contributed by atoms with E-state index in [0.717, 1.165) is 5.56 Å². The first-order chi connectivity index (χ1) is 9.06. The third-order valence-electron chi connectivity index (χ3n) is 2.46. The lowest BCUT2D eigenvalue weighted by atomic mass is 10.1. The Labute approximate surface area is 118 Å². The van der Waals surface area contributed by atoms with E-state index in [0.29, 0.717) is 31.1 Å². The lowest BCUT2D eigenvalue weighted by Gasteiger charge is -2.13. The third kappa shape index (κ3) is 5.39. The number of halogens is 1. The van der Waals surface area contributed by atoms with Gasteiger partial charge in [-0.05, 0) is 38.0 Å². The van der Waals surface area contributed by atoms with E-state index in [2.05, 4.69) is 0 Å². The summed E-state index contributed by atoms with van der Waals surface area (Å²) >= 11 is 5.99. The summed E-state index contributed by atoms with van der Waals surface area (Å²) < 4.78 is 11.0. The molecule has 0 spiro atoms. The Morgan fingerprint density at radius 3 is 2.47 bits per heavy atom. The fourth-order valence-electron chi connectivity index (χ4n) is 1.74. The maximum absolute atomic E-state index is 10.6. The van der Waals surface area contributed by atoms with Gasteiger partial charge in [-0.25, -0.2) is 0 Å². The van der Waals surface area contributed by atoms with Gasteiger partial charge in [-0.3, -0.25) is 4.79 Å². The number of carbonyl (C=O) groups is 1. The highest BCUT2D eigenvalue weighted by molar-refractivity contribution is 6.21. The zero-order valence-electron chi connectivity index (χ0n) is 11.2. The van der Waals surface area contributed by atoms with Crippen LogP contribution in [-0.2, 0) is 11.2 Å². The highest BCUT2D eigenvalue weighted by Crippen LogP contribution is 2.29. The summed E-state index contributed by atoms with van der Waals surface area (Å²) in [7, 11) is 0. The van der Waals surface area contributed by atoms with Gasteiger partial charge in [0.1, 0.15) is 0 Å². The van der Waals surface area contributed by atoms with Gasteiger partial charge in [0.05, 0.1) is 19.6 Å². The number of ether oxygens (including phenoxy) is 2. The number of hydrogen-bond acceptors (Lipinski definition) is 3. The number of rotatable bonds is 8. The molecule has 5 heteroatoms. The molecular weight excluding hydrogens is 268 g/mol. The van der Waals surface area contributed by atoms with Gasteiger partial charge in [-0.2, -0.15) is 0 Å². The van der Waals surface area contributed by atoms with E-state index in [9.17, 15) is 4.79 Å². The molecule has 0 aliphatic carbocycles. The number of alkyl halides is 1. The van der Waals surface area contributed by atoms with Crippen LogP contribution < -0.4 is 9.47 Å². The minimum absolute atomic E-state index is 0.0568. The Bertz CT molecular complexity index is 420. The maximum Gasteiger partial charge on any atom is 0.304 e. The summed E-state index contributed by atoms with van der Waals surface area (Å²) in [5.74, 6) is 0.467. The van der Waals surface area contributed by atoms with E-state index in [1.54, 1.807) is 0 Å². The quantitative estimate of drug-likeness (QED) is 0.746. The van der Waals surface area contributed by atoms with Gasteiger partial charge in [0.25, 0.3) is 0 Å². The normalized spacial score (nSPS) is 11.9. The molecule has 0 saturated heterocycles. The molecule has 1 aromatic rings. The van der Waals surface area contributed by atoms with Crippen LogP contribution in [0.3, 0.4) is 0 Å². The SMILES string of the molecule is CCOc1ccc(CC(Cl)CC(=O)O)cc1OCC. The molecule has 19 heavy (non-hydrogen) atoms. The van der Waals surface area contributed by atoms with Crippen molar-refractivity contribution in [3.05, 3.63) is 23.8 Å². The van der Waals surface area contributed by atoms with Gasteiger partial charge < -0.3 is 14.6 Å². The fraction of sp³-hybridized carbons (Fsp3) is 0.500. The predicted octanol–water partition coefficient (Wildman–Crippen LogP) is 3.11. The monoisotopic (exact) mass is 286 g/mol. The van der Waals surface area contributed by atoms with E-state index < -0.39 is 11.3 Å². The van der Waals surface area contributed by atoms with Crippen molar-refractivity contribution in [3.8, 4) is 11.5 Å². The molecule has 0 amide bonds. The first kappa shape index (κ1) is 15.6. The van der Waals surface area contributed by atoms with Crippen LogP contribution in [0.2, 0.25) is 0 Å². The molecule has 106 valence electrons. The highest BCUT2D eigenvalue weighted by Gasteiger charge is 2.13. The molecule has 1 unspecified atom stereocenters. The van der Waals surface area contributed by atoms with Crippen LogP contribution >= 0.6 is 11.6 Å². The number of aliphatic carboxylic acids is 1. The van der Waals surface area contributed by atoms with Gasteiger partial charge in [-0.15, -0.1) is 11.6 Å². The highest BCUT2D eigenvalue weighted by atomic mass is 35.5. The Balaban J connectivity index is 2.79. The molecule has 1 N–H and O–H groups in total. The molecule has 0 saturated carbocycles. The Morgan fingerprint density at radius 2 is 1.89 bits per heavy atom. The number of benzene rings is 1. The molecule has 0 fully saturated rings. The molecule has 0 aromatic heterocycles. The molecule has 1 atom stereocenters. The van der Waals surface area contributed by atoms with Gasteiger partial charge in [0.15, 0.2) is 11.5 Å². The minimum atomic E-state index is -0.893. The lowest BCUT2D eigenvalue weighted by Crippen LogP contribution is -2.10. The summed E-state index contributed by atoms with van der Waals surface area (Å²) in [6, 6.07) is 5.56. The third-order valence-corrected chi connectivity index (χ3v) is 2.77. The predicted molar refractivity (Wildman–Crippen MR) is 74.4 cm³/mol. The van der Waals surface area contributed by atoms with Gasteiger partial charge in [0, 0.05) is 5.38 Å². The molecule has 4 nitrogen and oxygen atoms in total. The van der Waals surface area contributed by atoms with E-state index in [-0.39, 0.29) is 6.42 Å². The second kappa shape index (κ2) is 7.89. The van der Waals surface area contributed by atoms with Crippen LogP contribution in [0, 0.1) is 0 Å². The molecule has 1 aromatic carbocycles. The van der Waals surface area contributed by atoms with E-state index in [4.69, 9.17) is 26.2 Å². The maximum atomic E-state index is 10.6. The molecular formula is C14H19ClO4. The first-order valence-corrected chi connectivity index (χ1v) is 6.74. The van der Waals surface area contributed by atoms with Crippen LogP contribution in [0.25, 0.3) is 0 Å². The first-order valence-electron chi connectivity index (χ1n) is 6.31. The summed E-state index contributed by atoms with van der Waals surface area (Å²) in [6.07, 6.45) is 0.430. The van der Waals surface area contributed by atoms with Crippen molar-refractivity contribution in [1.29, 1.82) is 0 Å². The number of hydrogen-bond donors (Lipinski definition) is 1. The smallest absolute Gasteiger partial charge is 0.304 e. The van der Waals surface area contributed by atoms with Crippen LogP contribution in [-0.4, -0.2) is 29.7 Å². The molecule has 0 heterocycles. The fourth-order valence-corrected chi connectivity index (χ4v) is 2.05.